The van der Waals surface area contributed by atoms with Gasteiger partial charge in [0.25, 0.3) is 0 Å². The zero-order chi connectivity index (χ0) is 25.6. The molecule has 0 aliphatic carbocycles. The van der Waals surface area contributed by atoms with Gasteiger partial charge in [0.1, 0.15) is 18.0 Å². The Balaban J connectivity index is 1.55. The van der Waals surface area contributed by atoms with E-state index in [1.165, 1.54) is 20.2 Å². The van der Waals surface area contributed by atoms with E-state index in [-0.39, 0.29) is 30.9 Å². The Labute approximate surface area is 205 Å². The SMILES string of the molecule is CON(C)C(=O)Cc1ccc(COc2cccc(C3CCN(C(=O)OC(C)(C)C)CC3)n2)c(F)c1. The van der Waals surface area contributed by atoms with Crippen LogP contribution in [0.2, 0.25) is 0 Å². The lowest BCUT2D eigenvalue weighted by Crippen LogP contribution is -2.41. The summed E-state index contributed by atoms with van der Waals surface area (Å²) in [5.74, 6) is -0.0941. The molecule has 1 aromatic heterocycles. The predicted molar refractivity (Wildman–Crippen MR) is 128 cm³/mol. The van der Waals surface area contributed by atoms with Gasteiger partial charge in [-0.25, -0.2) is 19.2 Å². The molecule has 3 rings (SSSR count). The van der Waals surface area contributed by atoms with Crippen molar-refractivity contribution in [2.45, 2.75) is 58.2 Å². The Bertz CT molecular complexity index is 1030. The number of benzene rings is 1. The van der Waals surface area contributed by atoms with Crippen molar-refractivity contribution in [1.29, 1.82) is 0 Å². The second-order valence-corrected chi connectivity index (χ2v) is 9.61. The fraction of sp³-hybridized carbons (Fsp3) is 0.500. The van der Waals surface area contributed by atoms with Gasteiger partial charge in [0.15, 0.2) is 0 Å². The standard InChI is InChI=1S/C26H34FN3O5/c1-26(2,3)35-25(32)30-13-11-19(12-14-30)22-7-6-8-23(28-22)34-17-20-10-9-18(15-21(20)27)16-24(31)29(4)33-5/h6-10,15,19H,11-14,16-17H2,1-5H3. The number of hydrogen-bond donors (Lipinski definition) is 0. The third kappa shape index (κ3) is 7.65. The highest BCUT2D eigenvalue weighted by molar-refractivity contribution is 5.77. The summed E-state index contributed by atoms with van der Waals surface area (Å²) in [5.41, 5.74) is 1.30. The average molecular weight is 488 g/mol. The summed E-state index contributed by atoms with van der Waals surface area (Å²) in [6.07, 6.45) is 1.31. The number of likely N-dealkylation sites (tertiary alicyclic amines) is 1. The first-order chi connectivity index (χ1) is 16.6. The first kappa shape index (κ1) is 26.4. The highest BCUT2D eigenvalue weighted by atomic mass is 19.1. The smallest absolute Gasteiger partial charge is 0.410 e. The van der Waals surface area contributed by atoms with Crippen LogP contribution in [-0.4, -0.2) is 59.8 Å². The third-order valence-corrected chi connectivity index (χ3v) is 5.78. The van der Waals surface area contributed by atoms with Crippen molar-refractivity contribution in [2.24, 2.45) is 0 Å². The van der Waals surface area contributed by atoms with Crippen LogP contribution in [0.5, 0.6) is 5.88 Å². The molecule has 2 amide bonds. The second-order valence-electron chi connectivity index (χ2n) is 9.61. The Morgan fingerprint density at radius 2 is 1.89 bits per heavy atom. The number of hydrogen-bond acceptors (Lipinski definition) is 6. The number of nitrogens with zero attached hydrogens (tertiary/aromatic N) is 3. The number of amides is 2. The molecule has 1 fully saturated rings. The first-order valence-electron chi connectivity index (χ1n) is 11.7. The topological polar surface area (TPSA) is 81.2 Å². The lowest BCUT2D eigenvalue weighted by molar-refractivity contribution is -0.167. The molecular formula is C26H34FN3O5. The fourth-order valence-corrected chi connectivity index (χ4v) is 3.78. The van der Waals surface area contributed by atoms with Gasteiger partial charge in [-0.15, -0.1) is 0 Å². The molecule has 1 saturated heterocycles. The summed E-state index contributed by atoms with van der Waals surface area (Å²) in [6, 6.07) is 10.2. The van der Waals surface area contributed by atoms with Gasteiger partial charge in [0, 0.05) is 43.4 Å². The first-order valence-corrected chi connectivity index (χ1v) is 11.7. The molecular weight excluding hydrogens is 453 g/mol. The molecule has 2 aromatic rings. The minimum absolute atomic E-state index is 0.0194. The van der Waals surface area contributed by atoms with E-state index >= 15 is 0 Å². The number of halogens is 1. The molecule has 1 aliphatic rings. The van der Waals surface area contributed by atoms with Gasteiger partial charge in [-0.1, -0.05) is 18.2 Å². The van der Waals surface area contributed by atoms with E-state index in [1.807, 2.05) is 32.9 Å². The van der Waals surface area contributed by atoms with Gasteiger partial charge >= 0.3 is 6.09 Å². The van der Waals surface area contributed by atoms with E-state index in [2.05, 4.69) is 4.98 Å². The van der Waals surface area contributed by atoms with Crippen molar-refractivity contribution in [3.8, 4) is 5.88 Å². The Morgan fingerprint density at radius 1 is 1.17 bits per heavy atom. The van der Waals surface area contributed by atoms with E-state index in [0.29, 0.717) is 30.1 Å². The number of piperidine rings is 1. The molecule has 2 heterocycles. The van der Waals surface area contributed by atoms with Crippen LogP contribution in [0.3, 0.4) is 0 Å². The average Bonchev–Trinajstić information content (AvgIpc) is 2.82. The Morgan fingerprint density at radius 3 is 2.51 bits per heavy atom. The number of carbonyl (C=O) groups is 2. The number of likely N-dealkylation sites (N-methyl/N-ethyl adjacent to an activating group) is 1. The maximum absolute atomic E-state index is 14.6. The molecule has 0 N–H and O–H groups in total. The van der Waals surface area contributed by atoms with E-state index in [9.17, 15) is 14.0 Å². The largest absolute Gasteiger partial charge is 0.473 e. The molecule has 8 nitrogen and oxygen atoms in total. The van der Waals surface area contributed by atoms with Gasteiger partial charge in [0.05, 0.1) is 13.5 Å². The highest BCUT2D eigenvalue weighted by Gasteiger charge is 2.28. The predicted octanol–water partition coefficient (Wildman–Crippen LogP) is 4.48. The summed E-state index contributed by atoms with van der Waals surface area (Å²) in [7, 11) is 2.90. The van der Waals surface area contributed by atoms with E-state index in [0.717, 1.165) is 23.6 Å². The molecule has 0 atom stereocenters. The Hall–Kier alpha value is -3.20. The van der Waals surface area contributed by atoms with E-state index in [4.69, 9.17) is 14.3 Å². The van der Waals surface area contributed by atoms with Crippen LogP contribution in [0.1, 0.15) is 56.4 Å². The number of hydroxylamine groups is 2. The van der Waals surface area contributed by atoms with Crippen LogP contribution in [0.15, 0.2) is 36.4 Å². The molecule has 9 heteroatoms. The molecule has 35 heavy (non-hydrogen) atoms. The minimum atomic E-state index is -0.515. The number of aromatic nitrogens is 1. The van der Waals surface area contributed by atoms with Crippen molar-refractivity contribution < 1.29 is 28.3 Å². The molecule has 0 unspecified atom stereocenters. The quantitative estimate of drug-likeness (QED) is 0.536. The van der Waals surface area contributed by atoms with E-state index in [1.54, 1.807) is 23.1 Å². The Kier molecular flexibility index (Phi) is 8.67. The summed E-state index contributed by atoms with van der Waals surface area (Å²) < 4.78 is 25.8. The number of carbonyl (C=O) groups excluding carboxylic acids is 2. The molecule has 1 aliphatic heterocycles. The van der Waals surface area contributed by atoms with Crippen LogP contribution in [0.25, 0.3) is 0 Å². The maximum atomic E-state index is 14.6. The zero-order valence-corrected chi connectivity index (χ0v) is 21.0. The second kappa shape index (κ2) is 11.5. The normalized spacial score (nSPS) is 14.5. The summed E-state index contributed by atoms with van der Waals surface area (Å²) >= 11 is 0. The molecule has 190 valence electrons. The minimum Gasteiger partial charge on any atom is -0.473 e. The summed E-state index contributed by atoms with van der Waals surface area (Å²) in [6.45, 7) is 6.80. The van der Waals surface area contributed by atoms with Crippen molar-refractivity contribution >= 4 is 12.0 Å². The van der Waals surface area contributed by atoms with Gasteiger partial charge < -0.3 is 14.4 Å². The van der Waals surface area contributed by atoms with Crippen LogP contribution in [-0.2, 0) is 27.4 Å². The molecule has 0 bridgehead atoms. The van der Waals surface area contributed by atoms with Gasteiger partial charge in [-0.05, 0) is 51.3 Å². The summed E-state index contributed by atoms with van der Waals surface area (Å²) in [5, 5.41) is 1.11. The van der Waals surface area contributed by atoms with Crippen molar-refractivity contribution in [2.75, 3.05) is 27.2 Å². The molecule has 0 spiro atoms. The van der Waals surface area contributed by atoms with Gasteiger partial charge in [-0.2, -0.15) is 0 Å². The van der Waals surface area contributed by atoms with Crippen LogP contribution in [0.4, 0.5) is 9.18 Å². The summed E-state index contributed by atoms with van der Waals surface area (Å²) in [4.78, 5) is 35.4. The van der Waals surface area contributed by atoms with Crippen LogP contribution < -0.4 is 4.74 Å². The fourth-order valence-electron chi connectivity index (χ4n) is 3.78. The van der Waals surface area contributed by atoms with Gasteiger partial charge in [0.2, 0.25) is 11.8 Å². The molecule has 0 saturated carbocycles. The number of rotatable bonds is 7. The lowest BCUT2D eigenvalue weighted by Gasteiger charge is -2.33. The van der Waals surface area contributed by atoms with Gasteiger partial charge in [-0.3, -0.25) is 9.63 Å². The number of pyridine rings is 1. The maximum Gasteiger partial charge on any atom is 0.410 e. The highest BCUT2D eigenvalue weighted by Crippen LogP contribution is 2.29. The van der Waals surface area contributed by atoms with Crippen molar-refractivity contribution in [1.82, 2.24) is 14.9 Å². The third-order valence-electron chi connectivity index (χ3n) is 5.78. The van der Waals surface area contributed by atoms with Crippen molar-refractivity contribution in [3.63, 3.8) is 0 Å². The molecule has 0 radical (unpaired) electrons. The van der Waals surface area contributed by atoms with E-state index < -0.39 is 11.4 Å². The zero-order valence-electron chi connectivity index (χ0n) is 21.0. The monoisotopic (exact) mass is 487 g/mol. The van der Waals surface area contributed by atoms with Crippen LogP contribution >= 0.6 is 0 Å². The number of ether oxygens (including phenoxy) is 2. The lowest BCUT2D eigenvalue weighted by atomic mass is 9.93. The van der Waals surface area contributed by atoms with Crippen LogP contribution in [0, 0.1) is 5.82 Å². The molecule has 1 aromatic carbocycles. The van der Waals surface area contributed by atoms with Crippen molar-refractivity contribution in [3.05, 3.63) is 59.0 Å².